The van der Waals surface area contributed by atoms with Gasteiger partial charge in [0.15, 0.2) is 0 Å². The van der Waals surface area contributed by atoms with E-state index in [4.69, 9.17) is 9.84 Å². The van der Waals surface area contributed by atoms with Crippen LogP contribution in [0.1, 0.15) is 17.5 Å². The van der Waals surface area contributed by atoms with Crippen LogP contribution < -0.4 is 4.74 Å². The van der Waals surface area contributed by atoms with Crippen LogP contribution in [-0.2, 0) is 6.61 Å². The molecule has 0 fully saturated rings. The van der Waals surface area contributed by atoms with Gasteiger partial charge in [-0.2, -0.15) is 0 Å². The minimum absolute atomic E-state index is 0.0278. The van der Waals surface area contributed by atoms with Gasteiger partial charge >= 0.3 is 0 Å². The Morgan fingerprint density at radius 1 is 1.00 bits per heavy atom. The molecular weight excluding hydrogens is 274 g/mol. The van der Waals surface area contributed by atoms with Crippen LogP contribution in [-0.4, -0.2) is 11.7 Å². The van der Waals surface area contributed by atoms with Crippen molar-refractivity contribution in [2.75, 3.05) is 6.61 Å². The van der Waals surface area contributed by atoms with Crippen molar-refractivity contribution in [2.45, 2.75) is 13.0 Å². The van der Waals surface area contributed by atoms with Crippen LogP contribution in [0.25, 0.3) is 0 Å². The number of hydrogen-bond donors (Lipinski definition) is 1. The first kappa shape index (κ1) is 15.0. The Morgan fingerprint density at radius 3 is 2.43 bits per heavy atom. The summed E-state index contributed by atoms with van der Waals surface area (Å²) in [5.41, 5.74) is 1.32. The molecule has 2 aromatic rings. The van der Waals surface area contributed by atoms with Crippen molar-refractivity contribution >= 4 is 0 Å². The monoisotopic (exact) mass is 288 g/mol. The summed E-state index contributed by atoms with van der Waals surface area (Å²) < 4.78 is 31.7. The fourth-order valence-electron chi connectivity index (χ4n) is 1.67. The maximum Gasteiger partial charge on any atom is 0.138 e. The summed E-state index contributed by atoms with van der Waals surface area (Å²) >= 11 is 0. The maximum atomic E-state index is 13.3. The van der Waals surface area contributed by atoms with Gasteiger partial charge in [-0.15, -0.1) is 0 Å². The third-order valence-corrected chi connectivity index (χ3v) is 2.71. The molecule has 0 aromatic heterocycles. The van der Waals surface area contributed by atoms with E-state index in [-0.39, 0.29) is 19.0 Å². The zero-order valence-electron chi connectivity index (χ0n) is 11.3. The molecule has 0 unspecified atom stereocenters. The predicted molar refractivity (Wildman–Crippen MR) is 75.7 cm³/mol. The van der Waals surface area contributed by atoms with Gasteiger partial charge in [0.05, 0.1) is 12.2 Å². The van der Waals surface area contributed by atoms with Crippen LogP contribution in [0.2, 0.25) is 0 Å². The van der Waals surface area contributed by atoms with Crippen molar-refractivity contribution < 1.29 is 18.6 Å². The van der Waals surface area contributed by atoms with Crippen LogP contribution >= 0.6 is 0 Å². The topological polar surface area (TPSA) is 29.5 Å². The first-order valence-corrected chi connectivity index (χ1v) is 6.45. The number of halogens is 2. The second kappa shape index (κ2) is 7.41. The smallest absolute Gasteiger partial charge is 0.138 e. The third kappa shape index (κ3) is 4.59. The Morgan fingerprint density at radius 2 is 1.71 bits per heavy atom. The molecule has 0 aliphatic rings. The van der Waals surface area contributed by atoms with E-state index in [9.17, 15) is 8.78 Å². The molecule has 1 N–H and O–H groups in total. The molecule has 0 saturated carbocycles. The summed E-state index contributed by atoms with van der Waals surface area (Å²) in [5.74, 6) is 5.17. The number of aliphatic hydroxyl groups excluding tert-OH is 1. The van der Waals surface area contributed by atoms with Crippen LogP contribution in [0.5, 0.6) is 5.75 Å². The molecule has 4 heteroatoms. The van der Waals surface area contributed by atoms with E-state index in [1.54, 1.807) is 12.1 Å². The Bertz CT molecular complexity index is 655. The highest BCUT2D eigenvalue weighted by atomic mass is 19.1. The molecule has 108 valence electrons. The predicted octanol–water partition coefficient (Wildman–Crippen LogP) is 3.28. The molecule has 0 aliphatic heterocycles. The number of aliphatic hydroxyl groups is 1. The highest BCUT2D eigenvalue weighted by molar-refractivity contribution is 5.46. The highest BCUT2D eigenvalue weighted by Crippen LogP contribution is 2.20. The molecule has 0 amide bonds. The van der Waals surface area contributed by atoms with Gasteiger partial charge in [-0.1, -0.05) is 24.0 Å². The quantitative estimate of drug-likeness (QED) is 0.875. The minimum Gasteiger partial charge on any atom is -0.487 e. The molecule has 0 atom stereocenters. The maximum absolute atomic E-state index is 13.3. The van der Waals surface area contributed by atoms with Gasteiger partial charge < -0.3 is 9.84 Å². The van der Waals surface area contributed by atoms with E-state index >= 15 is 0 Å². The van der Waals surface area contributed by atoms with E-state index in [2.05, 4.69) is 11.8 Å². The first-order chi connectivity index (χ1) is 10.2. The number of ether oxygens (including phenoxy) is 1. The molecule has 0 spiro atoms. The number of hydrogen-bond acceptors (Lipinski definition) is 2. The van der Waals surface area contributed by atoms with Crippen LogP contribution in [0.3, 0.4) is 0 Å². The van der Waals surface area contributed by atoms with Gasteiger partial charge in [-0.05, 0) is 29.8 Å². The minimum atomic E-state index is -0.420. The van der Waals surface area contributed by atoms with E-state index in [0.29, 0.717) is 17.7 Å². The van der Waals surface area contributed by atoms with E-state index < -0.39 is 5.82 Å². The van der Waals surface area contributed by atoms with Crippen LogP contribution in [0, 0.1) is 23.5 Å². The lowest BCUT2D eigenvalue weighted by Gasteiger charge is -2.08. The number of rotatable bonds is 4. The summed E-state index contributed by atoms with van der Waals surface area (Å²) in [7, 11) is 0. The van der Waals surface area contributed by atoms with Crippen molar-refractivity contribution in [2.24, 2.45) is 0 Å². The second-order valence-corrected chi connectivity index (χ2v) is 4.33. The molecule has 2 nitrogen and oxygen atoms in total. The Hall–Kier alpha value is -2.38. The SMILES string of the molecule is OCCC#Cc1ccc(F)cc1OCc1ccc(F)cc1. The normalized spacial score (nSPS) is 9.86. The fraction of sp³-hybridized carbons (Fsp3) is 0.176. The van der Waals surface area contributed by atoms with Crippen molar-refractivity contribution in [3.05, 3.63) is 65.2 Å². The summed E-state index contributed by atoms with van der Waals surface area (Å²) in [6.07, 6.45) is 0.342. The molecule has 0 aliphatic carbocycles. The van der Waals surface area contributed by atoms with Crippen molar-refractivity contribution in [3.8, 4) is 17.6 Å². The summed E-state index contributed by atoms with van der Waals surface area (Å²) in [6.45, 7) is 0.165. The van der Waals surface area contributed by atoms with Crippen molar-refractivity contribution in [3.63, 3.8) is 0 Å². The average Bonchev–Trinajstić information content (AvgIpc) is 2.49. The molecule has 0 saturated heterocycles. The summed E-state index contributed by atoms with van der Waals surface area (Å²) in [6, 6.07) is 9.97. The molecule has 0 bridgehead atoms. The Balaban J connectivity index is 2.13. The molecule has 2 rings (SSSR count). The lowest BCUT2D eigenvalue weighted by Crippen LogP contribution is -1.98. The fourth-order valence-corrected chi connectivity index (χ4v) is 1.67. The zero-order chi connectivity index (χ0) is 15.1. The second-order valence-electron chi connectivity index (χ2n) is 4.33. The van der Waals surface area contributed by atoms with Gasteiger partial charge in [0, 0.05) is 12.5 Å². The van der Waals surface area contributed by atoms with Gasteiger partial charge in [0.1, 0.15) is 24.0 Å². The van der Waals surface area contributed by atoms with Crippen molar-refractivity contribution in [1.82, 2.24) is 0 Å². The lowest BCUT2D eigenvalue weighted by molar-refractivity contribution is 0.303. The zero-order valence-corrected chi connectivity index (χ0v) is 11.3. The van der Waals surface area contributed by atoms with Crippen molar-refractivity contribution in [1.29, 1.82) is 0 Å². The summed E-state index contributed by atoms with van der Waals surface area (Å²) in [5, 5.41) is 8.71. The Labute approximate surface area is 122 Å². The molecule has 0 radical (unpaired) electrons. The Kier molecular flexibility index (Phi) is 5.30. The molecule has 0 heterocycles. The standard InChI is InChI=1S/C17H14F2O2/c18-15-7-4-13(5-8-15)12-21-17-11-16(19)9-6-14(17)3-1-2-10-20/h4-9,11,20H,2,10,12H2. The average molecular weight is 288 g/mol. The van der Waals surface area contributed by atoms with Crippen LogP contribution in [0.4, 0.5) is 8.78 Å². The number of benzene rings is 2. The molecule has 2 aromatic carbocycles. The molecular formula is C17H14F2O2. The van der Waals surface area contributed by atoms with Gasteiger partial charge in [-0.25, -0.2) is 8.78 Å². The van der Waals surface area contributed by atoms with E-state index in [1.165, 1.54) is 30.3 Å². The first-order valence-electron chi connectivity index (χ1n) is 6.45. The summed E-state index contributed by atoms with van der Waals surface area (Å²) in [4.78, 5) is 0. The highest BCUT2D eigenvalue weighted by Gasteiger charge is 2.04. The van der Waals surface area contributed by atoms with Gasteiger partial charge in [0.25, 0.3) is 0 Å². The molecule has 21 heavy (non-hydrogen) atoms. The van der Waals surface area contributed by atoms with Gasteiger partial charge in [-0.3, -0.25) is 0 Å². The van der Waals surface area contributed by atoms with Gasteiger partial charge in [0.2, 0.25) is 0 Å². The van der Waals surface area contributed by atoms with E-state index in [1.807, 2.05) is 0 Å². The van der Waals surface area contributed by atoms with E-state index in [0.717, 1.165) is 5.56 Å². The largest absolute Gasteiger partial charge is 0.487 e. The third-order valence-electron chi connectivity index (χ3n) is 2.71. The van der Waals surface area contributed by atoms with Crippen LogP contribution in [0.15, 0.2) is 42.5 Å². The lowest BCUT2D eigenvalue weighted by atomic mass is 10.2.